The van der Waals surface area contributed by atoms with Gasteiger partial charge in [-0.15, -0.1) is 0 Å². The number of fused-ring (bicyclic) bond motifs is 1. The Morgan fingerprint density at radius 3 is 2.04 bits per heavy atom. The van der Waals surface area contributed by atoms with Gasteiger partial charge in [-0.3, -0.25) is 9.78 Å². The van der Waals surface area contributed by atoms with Crippen LogP contribution in [0.3, 0.4) is 0 Å². The van der Waals surface area contributed by atoms with E-state index in [0.717, 1.165) is 82.9 Å². The molecule has 3 heterocycles. The second-order valence-electron chi connectivity index (χ2n) is 17.1. The fraction of sp³-hybridized carbons (Fsp3) is 0.535. The summed E-state index contributed by atoms with van der Waals surface area (Å²) in [5.41, 5.74) is 6.21. The van der Waals surface area contributed by atoms with Crippen LogP contribution in [0.15, 0.2) is 61.4 Å². The Morgan fingerprint density at radius 1 is 0.836 bits per heavy atom. The van der Waals surface area contributed by atoms with Gasteiger partial charge < -0.3 is 23.8 Å². The minimum Gasteiger partial charge on any atom is -0.494 e. The monoisotopic (exact) mass is 785 g/mol. The van der Waals surface area contributed by atoms with Gasteiger partial charge in [0, 0.05) is 52.2 Å². The van der Waals surface area contributed by atoms with Crippen molar-refractivity contribution in [2.45, 2.75) is 97.3 Å². The van der Waals surface area contributed by atoms with Crippen molar-refractivity contribution in [3.05, 3.63) is 72.7 Å². The van der Waals surface area contributed by atoms with E-state index in [1.165, 1.54) is 0 Å². The van der Waals surface area contributed by atoms with Crippen molar-refractivity contribution in [2.75, 3.05) is 44.8 Å². The summed E-state index contributed by atoms with van der Waals surface area (Å²) in [6.07, 6.45) is 7.92. The molecule has 0 unspecified atom stereocenters. The zero-order valence-electron chi connectivity index (χ0n) is 34.5. The third-order valence-electron chi connectivity index (χ3n) is 10.2. The first-order chi connectivity index (χ1) is 26.3. The molecule has 298 valence electrons. The molecule has 3 aromatic heterocycles. The number of nitrogens with zero attached hydrogens (tertiary/aromatic N) is 5. The third kappa shape index (κ3) is 11.8. The van der Waals surface area contributed by atoms with Gasteiger partial charge in [0.1, 0.15) is 25.0 Å². The van der Waals surface area contributed by atoms with Crippen molar-refractivity contribution in [3.8, 4) is 22.4 Å². The van der Waals surface area contributed by atoms with Crippen LogP contribution in [0.1, 0.15) is 50.8 Å². The summed E-state index contributed by atoms with van der Waals surface area (Å²) in [6.45, 7) is 25.3. The molecule has 0 N–H and O–H groups in total. The molecule has 12 heteroatoms. The van der Waals surface area contributed by atoms with Crippen molar-refractivity contribution in [1.29, 1.82) is 0 Å². The van der Waals surface area contributed by atoms with Gasteiger partial charge in [0.25, 0.3) is 0 Å². The van der Waals surface area contributed by atoms with Crippen molar-refractivity contribution in [3.63, 3.8) is 0 Å². The Balaban J connectivity index is 1.61. The highest BCUT2D eigenvalue weighted by atomic mass is 28.3. The van der Waals surface area contributed by atoms with Gasteiger partial charge in [0.05, 0.1) is 42.3 Å². The predicted molar refractivity (Wildman–Crippen MR) is 229 cm³/mol. The van der Waals surface area contributed by atoms with Gasteiger partial charge in [-0.05, 0) is 70.0 Å². The lowest BCUT2D eigenvalue weighted by atomic mass is 9.79. The first-order valence-electron chi connectivity index (χ1n) is 20.1. The lowest BCUT2D eigenvalue weighted by molar-refractivity contribution is -0.149. The van der Waals surface area contributed by atoms with Crippen molar-refractivity contribution >= 4 is 39.3 Å². The molecule has 1 aliphatic carbocycles. The molecule has 5 rings (SSSR count). The molecule has 0 atom stereocenters. The maximum absolute atomic E-state index is 12.6. The van der Waals surface area contributed by atoms with Gasteiger partial charge in [-0.25, -0.2) is 4.98 Å². The summed E-state index contributed by atoms with van der Waals surface area (Å²) in [5, 5.41) is 5.01. The fourth-order valence-corrected chi connectivity index (χ4v) is 8.45. The van der Waals surface area contributed by atoms with E-state index in [-0.39, 0.29) is 11.9 Å². The van der Waals surface area contributed by atoms with E-state index in [2.05, 4.69) is 69.0 Å². The van der Waals surface area contributed by atoms with Crippen LogP contribution in [0.5, 0.6) is 0 Å². The predicted octanol–water partition coefficient (Wildman–Crippen LogP) is 9.81. The average molecular weight is 786 g/mol. The second kappa shape index (κ2) is 19.3. The summed E-state index contributed by atoms with van der Waals surface area (Å²) in [5.74, 6) is 1.53. The summed E-state index contributed by atoms with van der Waals surface area (Å²) in [7, 11) is -2.64. The molecule has 0 bridgehead atoms. The van der Waals surface area contributed by atoms with Crippen LogP contribution >= 0.6 is 0 Å². The van der Waals surface area contributed by atoms with E-state index in [4.69, 9.17) is 34.0 Å². The van der Waals surface area contributed by atoms with Crippen molar-refractivity contribution < 1.29 is 23.7 Å². The lowest BCUT2D eigenvalue weighted by Gasteiger charge is -2.31. The molecule has 10 nitrogen and oxygen atoms in total. The minimum absolute atomic E-state index is 0.0510. The van der Waals surface area contributed by atoms with E-state index >= 15 is 0 Å². The van der Waals surface area contributed by atoms with Crippen LogP contribution in [-0.2, 0) is 30.2 Å². The summed E-state index contributed by atoms with van der Waals surface area (Å²) >= 11 is 0. The molecule has 0 aliphatic heterocycles. The number of ether oxygens (including phenoxy) is 4. The Kier molecular flexibility index (Phi) is 14.9. The first kappa shape index (κ1) is 42.3. The van der Waals surface area contributed by atoms with Gasteiger partial charge in [-0.2, -0.15) is 9.61 Å². The van der Waals surface area contributed by atoms with Crippen LogP contribution < -0.4 is 4.90 Å². The van der Waals surface area contributed by atoms with Crippen LogP contribution in [-0.4, -0.2) is 81.6 Å². The molecular weight excluding hydrogens is 723 g/mol. The number of hydrogen-bond donors (Lipinski definition) is 0. The highest BCUT2D eigenvalue weighted by Gasteiger charge is 2.31. The number of anilines is 1. The lowest BCUT2D eigenvalue weighted by Crippen LogP contribution is -2.34. The standard InChI is InChI=1S/C43H63N5O5Si2/c1-10-52-32(3)40-39(27-33-17-19-35(20-18-33)43(49)53-11-2)46-41-37(36-21-22-38(44-28-36)34-15-13-12-14-16-34)29-45-48(41)42(40)47(30-50-23-25-54(4,5)6)31-51-24-26-55(7,8)9/h12-16,21-22,28-29,33,35H,3,10-11,17-20,23-27,30-31H2,1-2,4-9H3. The Morgan fingerprint density at radius 2 is 1.47 bits per heavy atom. The number of aromatic nitrogens is 4. The Bertz CT molecular complexity index is 1820. The summed E-state index contributed by atoms with van der Waals surface area (Å²) < 4.78 is 26.4. The number of benzene rings is 1. The summed E-state index contributed by atoms with van der Waals surface area (Å²) in [6, 6.07) is 16.4. The molecule has 1 aliphatic rings. The van der Waals surface area contributed by atoms with E-state index in [9.17, 15) is 4.79 Å². The maximum atomic E-state index is 12.6. The molecule has 4 aromatic rings. The van der Waals surface area contributed by atoms with Crippen LogP contribution in [0.25, 0.3) is 33.8 Å². The molecule has 55 heavy (non-hydrogen) atoms. The maximum Gasteiger partial charge on any atom is 0.308 e. The highest BCUT2D eigenvalue weighted by Crippen LogP contribution is 2.38. The normalized spacial score (nSPS) is 16.3. The number of carbonyl (C=O) groups is 1. The molecular formula is C43H63N5O5Si2. The average Bonchev–Trinajstić information content (AvgIpc) is 3.57. The Hall–Kier alpha value is -3.85. The quantitative estimate of drug-likeness (QED) is 0.0285. The first-order valence-corrected chi connectivity index (χ1v) is 27.5. The minimum atomic E-state index is -1.32. The number of hydrogen-bond acceptors (Lipinski definition) is 9. The summed E-state index contributed by atoms with van der Waals surface area (Å²) in [4.78, 5) is 25.0. The van der Waals surface area contributed by atoms with Gasteiger partial charge in [0.2, 0.25) is 0 Å². The van der Waals surface area contributed by atoms with E-state index in [1.807, 2.05) is 55.0 Å². The number of esters is 1. The SMILES string of the molecule is C=C(OCC)c1c(CC2CCC(C(=O)OCC)CC2)nc2c(-c3ccc(-c4ccccc4)nc3)cnn2c1N(COCC[Si](C)(C)C)COCC[Si](C)(C)C. The van der Waals surface area contributed by atoms with Crippen LogP contribution in [0, 0.1) is 11.8 Å². The largest absolute Gasteiger partial charge is 0.494 e. The number of carbonyl (C=O) groups excluding carboxylic acids is 1. The molecule has 1 saturated carbocycles. The van der Waals surface area contributed by atoms with Crippen LogP contribution in [0.2, 0.25) is 51.4 Å². The van der Waals surface area contributed by atoms with Crippen molar-refractivity contribution in [2.24, 2.45) is 11.8 Å². The molecule has 0 saturated heterocycles. The number of pyridine rings is 1. The zero-order valence-corrected chi connectivity index (χ0v) is 36.5. The number of rotatable bonds is 20. The Labute approximate surface area is 330 Å². The van der Waals surface area contributed by atoms with Gasteiger partial charge in [-0.1, -0.05) is 82.3 Å². The molecule has 0 radical (unpaired) electrons. The van der Waals surface area contributed by atoms with E-state index < -0.39 is 16.1 Å². The smallest absolute Gasteiger partial charge is 0.308 e. The second-order valence-corrected chi connectivity index (χ2v) is 28.4. The highest BCUT2D eigenvalue weighted by molar-refractivity contribution is 6.76. The van der Waals surface area contributed by atoms with Gasteiger partial charge >= 0.3 is 5.97 Å². The zero-order chi connectivity index (χ0) is 39.6. The third-order valence-corrected chi connectivity index (χ3v) is 13.6. The topological polar surface area (TPSA) is 100 Å². The van der Waals surface area contributed by atoms with Crippen LogP contribution in [0.4, 0.5) is 5.82 Å². The van der Waals surface area contributed by atoms with Gasteiger partial charge in [0.15, 0.2) is 5.65 Å². The molecule has 1 aromatic carbocycles. The fourth-order valence-electron chi connectivity index (χ4n) is 6.93. The molecule has 0 amide bonds. The molecule has 1 fully saturated rings. The van der Waals surface area contributed by atoms with E-state index in [0.29, 0.717) is 58.0 Å². The van der Waals surface area contributed by atoms with E-state index in [1.54, 1.807) is 0 Å². The molecule has 0 spiro atoms. The van der Waals surface area contributed by atoms with Crippen molar-refractivity contribution in [1.82, 2.24) is 19.6 Å².